The predicted molar refractivity (Wildman–Crippen MR) is 119 cm³/mol. The molecule has 0 spiro atoms. The number of amides is 1. The molecule has 1 aliphatic rings. The van der Waals surface area contributed by atoms with Gasteiger partial charge in [-0.15, -0.1) is 0 Å². The van der Waals surface area contributed by atoms with Crippen molar-refractivity contribution in [3.05, 3.63) is 59.8 Å². The van der Waals surface area contributed by atoms with Gasteiger partial charge in [-0.3, -0.25) is 4.79 Å². The van der Waals surface area contributed by atoms with Crippen molar-refractivity contribution >= 4 is 21.7 Å². The molecule has 2 aromatic rings. The molecule has 3 rings (SSSR count). The van der Waals surface area contributed by atoms with Crippen molar-refractivity contribution < 1.29 is 13.2 Å². The average Bonchev–Trinajstić information content (AvgIpc) is 2.74. The summed E-state index contributed by atoms with van der Waals surface area (Å²) in [7, 11) is -3.42. The molecule has 0 aliphatic carbocycles. The summed E-state index contributed by atoms with van der Waals surface area (Å²) in [5.41, 5.74) is 1.69. The van der Waals surface area contributed by atoms with Crippen LogP contribution in [0.2, 0.25) is 0 Å². The van der Waals surface area contributed by atoms with Gasteiger partial charge in [0, 0.05) is 44.5 Å². The van der Waals surface area contributed by atoms with Crippen LogP contribution >= 0.6 is 0 Å². The summed E-state index contributed by atoms with van der Waals surface area (Å²) in [6.45, 7) is 8.46. The van der Waals surface area contributed by atoms with E-state index in [9.17, 15) is 13.2 Å². The molecule has 1 saturated heterocycles. The highest BCUT2D eigenvalue weighted by atomic mass is 32.2. The molecule has 1 aromatic carbocycles. The van der Waals surface area contributed by atoms with Gasteiger partial charge in [0.25, 0.3) is 5.91 Å². The fourth-order valence-corrected chi connectivity index (χ4v) is 4.72. The van der Waals surface area contributed by atoms with Crippen LogP contribution in [0.15, 0.2) is 48.7 Å². The van der Waals surface area contributed by atoms with Crippen LogP contribution in [0.5, 0.6) is 0 Å². The highest BCUT2D eigenvalue weighted by Crippen LogP contribution is 2.22. The van der Waals surface area contributed by atoms with Crippen molar-refractivity contribution in [1.82, 2.24) is 14.6 Å². The fourth-order valence-electron chi connectivity index (χ4n) is 3.38. The van der Waals surface area contributed by atoms with Gasteiger partial charge < -0.3 is 10.2 Å². The van der Waals surface area contributed by atoms with Crippen LogP contribution in [0.4, 0.5) is 5.82 Å². The minimum atomic E-state index is -3.42. The lowest BCUT2D eigenvalue weighted by Gasteiger charge is -2.34. The largest absolute Gasteiger partial charge is 0.354 e. The van der Waals surface area contributed by atoms with Gasteiger partial charge in [0.2, 0.25) is 10.0 Å². The van der Waals surface area contributed by atoms with E-state index >= 15 is 0 Å². The van der Waals surface area contributed by atoms with Gasteiger partial charge in [0.1, 0.15) is 5.82 Å². The first-order chi connectivity index (χ1) is 14.2. The maximum Gasteiger partial charge on any atom is 0.251 e. The lowest BCUT2D eigenvalue weighted by molar-refractivity contribution is 0.0956. The molecule has 1 amide bonds. The number of aromatic nitrogens is 1. The van der Waals surface area contributed by atoms with Crippen LogP contribution in [0, 0.1) is 0 Å². The molecule has 30 heavy (non-hydrogen) atoms. The number of piperazine rings is 1. The molecule has 0 atom stereocenters. The third-order valence-electron chi connectivity index (χ3n) is 5.26. The molecule has 0 radical (unpaired) electrons. The molecule has 1 N–H and O–H groups in total. The zero-order valence-corrected chi connectivity index (χ0v) is 18.7. The number of nitrogens with zero attached hydrogens (tertiary/aromatic N) is 3. The summed E-state index contributed by atoms with van der Waals surface area (Å²) < 4.78 is 26.8. The lowest BCUT2D eigenvalue weighted by Crippen LogP contribution is -2.50. The first kappa shape index (κ1) is 22.2. The summed E-state index contributed by atoms with van der Waals surface area (Å²) in [6.07, 6.45) is 1.73. The van der Waals surface area contributed by atoms with Gasteiger partial charge in [0.05, 0.1) is 5.75 Å². The number of pyridine rings is 1. The lowest BCUT2D eigenvalue weighted by atomic mass is 9.87. The summed E-state index contributed by atoms with van der Waals surface area (Å²) in [5.74, 6) is 0.493. The number of hydrogen-bond donors (Lipinski definition) is 1. The Morgan fingerprint density at radius 1 is 1.03 bits per heavy atom. The second-order valence-electron chi connectivity index (χ2n) is 8.47. The monoisotopic (exact) mass is 430 g/mol. The van der Waals surface area contributed by atoms with E-state index in [1.165, 1.54) is 4.31 Å². The first-order valence-corrected chi connectivity index (χ1v) is 11.8. The average molecular weight is 431 g/mol. The van der Waals surface area contributed by atoms with Gasteiger partial charge in [-0.05, 0) is 35.2 Å². The molecule has 1 fully saturated rings. The Morgan fingerprint density at radius 3 is 2.27 bits per heavy atom. The Kier molecular flexibility index (Phi) is 6.77. The number of carbonyl (C=O) groups excluding carboxylic acids is 1. The Balaban J connectivity index is 1.48. The number of sulfonamides is 1. The zero-order chi connectivity index (χ0) is 21.8. The molecule has 162 valence electrons. The quantitative estimate of drug-likeness (QED) is 0.760. The summed E-state index contributed by atoms with van der Waals surface area (Å²) in [5, 5.41) is 2.72. The van der Waals surface area contributed by atoms with E-state index < -0.39 is 10.0 Å². The van der Waals surface area contributed by atoms with E-state index in [-0.39, 0.29) is 23.6 Å². The van der Waals surface area contributed by atoms with Crippen LogP contribution in [-0.2, 0) is 15.4 Å². The van der Waals surface area contributed by atoms with E-state index in [4.69, 9.17) is 0 Å². The van der Waals surface area contributed by atoms with Crippen LogP contribution in [0.25, 0.3) is 0 Å². The number of carbonyl (C=O) groups is 1. The Bertz CT molecular complexity index is 946. The van der Waals surface area contributed by atoms with Crippen LogP contribution in [0.3, 0.4) is 0 Å². The van der Waals surface area contributed by atoms with Crippen molar-refractivity contribution in [3.63, 3.8) is 0 Å². The number of rotatable bonds is 6. The second-order valence-corrected chi connectivity index (χ2v) is 10.6. The van der Waals surface area contributed by atoms with Crippen LogP contribution in [0.1, 0.15) is 36.7 Å². The van der Waals surface area contributed by atoms with E-state index in [1.54, 1.807) is 18.3 Å². The number of nitrogens with one attached hydrogen (secondary N) is 1. The molecular weight excluding hydrogens is 400 g/mol. The van der Waals surface area contributed by atoms with Gasteiger partial charge in [-0.25, -0.2) is 13.4 Å². The second kappa shape index (κ2) is 9.14. The third-order valence-corrected chi connectivity index (χ3v) is 7.14. The van der Waals surface area contributed by atoms with Gasteiger partial charge in [-0.1, -0.05) is 39.0 Å². The molecular formula is C22H30N4O3S. The maximum absolute atomic E-state index is 12.6. The SMILES string of the molecule is CC(C)(C)c1ccc(C(=O)NCCS(=O)(=O)N2CCN(c3ccccn3)CC2)cc1. The van der Waals surface area contributed by atoms with Gasteiger partial charge >= 0.3 is 0 Å². The van der Waals surface area contributed by atoms with Gasteiger partial charge in [0.15, 0.2) is 0 Å². The normalized spacial score (nSPS) is 15.8. The van der Waals surface area contributed by atoms with Crippen LogP contribution < -0.4 is 10.2 Å². The molecule has 7 nitrogen and oxygen atoms in total. The minimum Gasteiger partial charge on any atom is -0.354 e. The topological polar surface area (TPSA) is 82.6 Å². The Labute approximate surface area is 179 Å². The Morgan fingerprint density at radius 2 is 1.70 bits per heavy atom. The molecule has 8 heteroatoms. The van der Waals surface area contributed by atoms with Crippen molar-refractivity contribution in [2.24, 2.45) is 0 Å². The Hall–Kier alpha value is -2.45. The van der Waals surface area contributed by atoms with E-state index in [0.717, 1.165) is 11.4 Å². The maximum atomic E-state index is 12.6. The van der Waals surface area contributed by atoms with Crippen molar-refractivity contribution in [2.45, 2.75) is 26.2 Å². The molecule has 1 aromatic heterocycles. The van der Waals surface area contributed by atoms with Gasteiger partial charge in [-0.2, -0.15) is 4.31 Å². The van der Waals surface area contributed by atoms with E-state index in [1.807, 2.05) is 30.3 Å². The number of hydrogen-bond acceptors (Lipinski definition) is 5. The summed E-state index contributed by atoms with van der Waals surface area (Å²) in [4.78, 5) is 18.7. The van der Waals surface area contributed by atoms with Crippen molar-refractivity contribution in [1.29, 1.82) is 0 Å². The molecule has 2 heterocycles. The van der Waals surface area contributed by atoms with Crippen molar-refractivity contribution in [3.8, 4) is 0 Å². The summed E-state index contributed by atoms with van der Waals surface area (Å²) in [6, 6.07) is 13.1. The molecule has 0 saturated carbocycles. The zero-order valence-electron chi connectivity index (χ0n) is 17.8. The van der Waals surface area contributed by atoms with E-state index in [0.29, 0.717) is 31.7 Å². The highest BCUT2D eigenvalue weighted by molar-refractivity contribution is 7.89. The minimum absolute atomic E-state index is 0.0175. The standard InChI is InChI=1S/C22H30N4O3S/c1-22(2,3)19-9-7-18(8-10-19)21(27)24-12-17-30(28,29)26-15-13-25(14-16-26)20-6-4-5-11-23-20/h4-11H,12-17H2,1-3H3,(H,24,27). The number of benzene rings is 1. The van der Waals surface area contributed by atoms with E-state index in [2.05, 4.69) is 36.0 Å². The first-order valence-electron chi connectivity index (χ1n) is 10.2. The molecule has 0 unspecified atom stereocenters. The fraction of sp³-hybridized carbons (Fsp3) is 0.455. The summed E-state index contributed by atoms with van der Waals surface area (Å²) >= 11 is 0. The highest BCUT2D eigenvalue weighted by Gasteiger charge is 2.27. The molecule has 0 bridgehead atoms. The van der Waals surface area contributed by atoms with Crippen LogP contribution in [-0.4, -0.2) is 62.1 Å². The van der Waals surface area contributed by atoms with Crippen molar-refractivity contribution in [2.75, 3.05) is 43.4 Å². The smallest absolute Gasteiger partial charge is 0.251 e. The third kappa shape index (κ3) is 5.58. The number of anilines is 1. The molecule has 1 aliphatic heterocycles. The predicted octanol–water partition coefficient (Wildman–Crippen LogP) is 2.26.